The van der Waals surface area contributed by atoms with E-state index in [1.165, 1.54) is 28.7 Å². The van der Waals surface area contributed by atoms with Gasteiger partial charge in [-0.2, -0.15) is 0 Å². The molecule has 2 heterocycles. The molecule has 4 rings (SSSR count). The van der Waals surface area contributed by atoms with E-state index in [2.05, 4.69) is 20.3 Å². The quantitative estimate of drug-likeness (QED) is 0.343. The molecule has 0 aliphatic heterocycles. The lowest BCUT2D eigenvalue weighted by atomic mass is 10.2. The molecule has 0 aliphatic rings. The van der Waals surface area contributed by atoms with Crippen LogP contribution >= 0.6 is 11.8 Å². The van der Waals surface area contributed by atoms with Crippen LogP contribution in [0.5, 0.6) is 5.75 Å². The summed E-state index contributed by atoms with van der Waals surface area (Å²) in [6, 6.07) is 15.0. The summed E-state index contributed by atoms with van der Waals surface area (Å²) in [7, 11) is 1.58. The summed E-state index contributed by atoms with van der Waals surface area (Å²) < 4.78 is 6.93. The van der Waals surface area contributed by atoms with Gasteiger partial charge < -0.3 is 10.1 Å². The number of hydrogen-bond acceptors (Lipinski definition) is 7. The van der Waals surface area contributed by atoms with Crippen molar-refractivity contribution >= 4 is 34.5 Å². The van der Waals surface area contributed by atoms with Gasteiger partial charge in [0.1, 0.15) is 5.75 Å². The molecule has 0 bridgehead atoms. The number of amides is 1. The Bertz CT molecular complexity index is 1340. The number of para-hydroxylation sites is 2. The number of nitrogens with zero attached hydrogens (tertiary/aromatic N) is 4. The van der Waals surface area contributed by atoms with Gasteiger partial charge in [-0.3, -0.25) is 14.2 Å². The van der Waals surface area contributed by atoms with Crippen molar-refractivity contribution in [2.45, 2.75) is 18.6 Å². The van der Waals surface area contributed by atoms with E-state index in [0.29, 0.717) is 10.9 Å². The maximum Gasteiger partial charge on any atom is 0.282 e. The molecule has 1 N–H and O–H groups in total. The highest BCUT2D eigenvalue weighted by atomic mass is 32.2. The predicted molar refractivity (Wildman–Crippen MR) is 124 cm³/mol. The van der Waals surface area contributed by atoms with Crippen LogP contribution in [0.3, 0.4) is 0 Å². The zero-order valence-electron chi connectivity index (χ0n) is 17.6. The molecule has 0 radical (unpaired) electrons. The number of aryl methyl sites for hydroxylation is 1. The Morgan fingerprint density at radius 3 is 2.66 bits per heavy atom. The molecule has 4 aromatic rings. The first-order chi connectivity index (χ1) is 15.6. The maximum absolute atomic E-state index is 13.2. The lowest BCUT2D eigenvalue weighted by molar-refractivity contribution is -0.113. The number of aromatic nitrogens is 4. The standard InChI is InChI=1S/C23H21N5O3S/c1-15-7-3-5-9-17(15)26-19(29)14-32-23-27-21-20(24-11-12-25-21)22(30)28(23)13-16-8-4-6-10-18(16)31-2/h3-12H,13-14H2,1-2H3,(H,26,29). The number of anilines is 1. The lowest BCUT2D eigenvalue weighted by Crippen LogP contribution is -2.26. The van der Waals surface area contributed by atoms with E-state index in [4.69, 9.17) is 4.74 Å². The molecular formula is C23H21N5O3S. The summed E-state index contributed by atoms with van der Waals surface area (Å²) in [6.45, 7) is 2.15. The van der Waals surface area contributed by atoms with Gasteiger partial charge in [0.25, 0.3) is 5.56 Å². The van der Waals surface area contributed by atoms with Crippen LogP contribution in [0, 0.1) is 6.92 Å². The summed E-state index contributed by atoms with van der Waals surface area (Å²) in [5, 5.41) is 3.28. The summed E-state index contributed by atoms with van der Waals surface area (Å²) in [4.78, 5) is 38.6. The van der Waals surface area contributed by atoms with E-state index in [0.717, 1.165) is 16.8 Å². The van der Waals surface area contributed by atoms with Crippen LogP contribution in [0.2, 0.25) is 0 Å². The molecule has 0 fully saturated rings. The molecular weight excluding hydrogens is 426 g/mol. The van der Waals surface area contributed by atoms with Crippen molar-refractivity contribution in [1.29, 1.82) is 0 Å². The predicted octanol–water partition coefficient (Wildman–Crippen LogP) is 3.28. The van der Waals surface area contributed by atoms with Crippen LogP contribution in [0.1, 0.15) is 11.1 Å². The molecule has 2 aromatic heterocycles. The van der Waals surface area contributed by atoms with Crippen LogP contribution < -0.4 is 15.6 Å². The van der Waals surface area contributed by atoms with Crippen LogP contribution in [-0.4, -0.2) is 38.3 Å². The van der Waals surface area contributed by atoms with E-state index in [-0.39, 0.29) is 34.9 Å². The highest BCUT2D eigenvalue weighted by molar-refractivity contribution is 7.99. The van der Waals surface area contributed by atoms with Gasteiger partial charge in [-0.15, -0.1) is 0 Å². The van der Waals surface area contributed by atoms with Gasteiger partial charge in [-0.05, 0) is 24.6 Å². The van der Waals surface area contributed by atoms with Gasteiger partial charge in [0.2, 0.25) is 5.91 Å². The number of rotatable bonds is 7. The van der Waals surface area contributed by atoms with Crippen LogP contribution in [0.15, 0.2) is 70.9 Å². The second-order valence-corrected chi connectivity index (χ2v) is 7.92. The first kappa shape index (κ1) is 21.5. The topological polar surface area (TPSA) is 99.0 Å². The number of benzene rings is 2. The average molecular weight is 448 g/mol. The summed E-state index contributed by atoms with van der Waals surface area (Å²) in [6.07, 6.45) is 2.94. The van der Waals surface area contributed by atoms with E-state index in [1.54, 1.807) is 7.11 Å². The smallest absolute Gasteiger partial charge is 0.282 e. The fraction of sp³-hybridized carbons (Fsp3) is 0.174. The number of carbonyl (C=O) groups excluding carboxylic acids is 1. The number of hydrogen-bond donors (Lipinski definition) is 1. The minimum absolute atomic E-state index is 0.0818. The van der Waals surface area contributed by atoms with Gasteiger partial charge in [-0.25, -0.2) is 15.0 Å². The van der Waals surface area contributed by atoms with Gasteiger partial charge in [0.15, 0.2) is 16.3 Å². The Hall–Kier alpha value is -3.72. The second kappa shape index (κ2) is 9.61. The van der Waals surface area contributed by atoms with Crippen molar-refractivity contribution in [2.24, 2.45) is 0 Å². The van der Waals surface area contributed by atoms with Gasteiger partial charge in [-0.1, -0.05) is 48.2 Å². The Morgan fingerprint density at radius 1 is 1.09 bits per heavy atom. The summed E-state index contributed by atoms with van der Waals surface area (Å²) in [5.74, 6) is 0.548. The first-order valence-electron chi connectivity index (χ1n) is 9.88. The van der Waals surface area contributed by atoms with Crippen LogP contribution in [0.25, 0.3) is 11.2 Å². The molecule has 162 valence electrons. The number of fused-ring (bicyclic) bond motifs is 1. The molecule has 0 saturated carbocycles. The maximum atomic E-state index is 13.2. The molecule has 9 heteroatoms. The Labute approximate surface area is 188 Å². The van der Waals surface area contributed by atoms with E-state index in [9.17, 15) is 9.59 Å². The average Bonchev–Trinajstić information content (AvgIpc) is 2.81. The molecule has 32 heavy (non-hydrogen) atoms. The fourth-order valence-corrected chi connectivity index (χ4v) is 4.00. The molecule has 0 unspecified atom stereocenters. The molecule has 0 saturated heterocycles. The SMILES string of the molecule is COc1ccccc1Cn1c(SCC(=O)Nc2ccccc2C)nc2nccnc2c1=O. The summed E-state index contributed by atoms with van der Waals surface area (Å²) >= 11 is 1.17. The number of thioether (sulfide) groups is 1. The minimum Gasteiger partial charge on any atom is -0.496 e. The molecule has 2 aromatic carbocycles. The van der Waals surface area contributed by atoms with Crippen molar-refractivity contribution < 1.29 is 9.53 Å². The lowest BCUT2D eigenvalue weighted by Gasteiger charge is -2.14. The Kier molecular flexibility index (Phi) is 6.46. The van der Waals surface area contributed by atoms with Crippen molar-refractivity contribution in [3.05, 3.63) is 82.4 Å². The normalized spacial score (nSPS) is 10.8. The van der Waals surface area contributed by atoms with Crippen LogP contribution in [0.4, 0.5) is 5.69 Å². The monoisotopic (exact) mass is 447 g/mol. The Morgan fingerprint density at radius 2 is 1.84 bits per heavy atom. The summed E-state index contributed by atoms with van der Waals surface area (Å²) in [5.41, 5.74) is 2.63. The third-order valence-corrected chi connectivity index (χ3v) is 5.81. The molecule has 1 amide bonds. The highest BCUT2D eigenvalue weighted by Gasteiger charge is 2.16. The fourth-order valence-electron chi connectivity index (χ4n) is 3.21. The van der Waals surface area contributed by atoms with E-state index in [1.807, 2.05) is 55.5 Å². The second-order valence-electron chi connectivity index (χ2n) is 6.98. The Balaban J connectivity index is 1.65. The number of nitrogens with one attached hydrogen (secondary N) is 1. The van der Waals surface area contributed by atoms with Gasteiger partial charge in [0, 0.05) is 23.6 Å². The molecule has 0 aliphatic carbocycles. The molecule has 8 nitrogen and oxygen atoms in total. The molecule has 0 spiro atoms. The zero-order chi connectivity index (χ0) is 22.5. The minimum atomic E-state index is -0.323. The third-order valence-electron chi connectivity index (χ3n) is 4.83. The zero-order valence-corrected chi connectivity index (χ0v) is 18.4. The van der Waals surface area contributed by atoms with Gasteiger partial charge >= 0.3 is 0 Å². The van der Waals surface area contributed by atoms with Crippen molar-refractivity contribution in [3.63, 3.8) is 0 Å². The number of carbonyl (C=O) groups is 1. The van der Waals surface area contributed by atoms with Crippen molar-refractivity contribution in [1.82, 2.24) is 19.5 Å². The third kappa shape index (κ3) is 4.62. The van der Waals surface area contributed by atoms with Gasteiger partial charge in [0.05, 0.1) is 19.4 Å². The van der Waals surface area contributed by atoms with Crippen LogP contribution in [-0.2, 0) is 11.3 Å². The highest BCUT2D eigenvalue weighted by Crippen LogP contribution is 2.22. The largest absolute Gasteiger partial charge is 0.496 e. The first-order valence-corrected chi connectivity index (χ1v) is 10.9. The van der Waals surface area contributed by atoms with E-state index < -0.39 is 0 Å². The van der Waals surface area contributed by atoms with Crippen molar-refractivity contribution in [3.8, 4) is 5.75 Å². The molecule has 0 atom stereocenters. The number of ether oxygens (including phenoxy) is 1. The van der Waals surface area contributed by atoms with E-state index >= 15 is 0 Å². The number of methoxy groups -OCH3 is 1. The van der Waals surface area contributed by atoms with Crippen molar-refractivity contribution in [2.75, 3.05) is 18.2 Å².